The number of aliphatic hydroxyl groups excluding tert-OH is 3. The molecule has 0 aromatic carbocycles. The Balaban J connectivity index is 1.96. The van der Waals surface area contributed by atoms with Gasteiger partial charge < -0.3 is 20.1 Å². The summed E-state index contributed by atoms with van der Waals surface area (Å²) in [5.41, 5.74) is -0.537. The molecule has 0 aliphatic carbocycles. The number of aromatic nitrogens is 5. The molecule has 130 valence electrons. The van der Waals surface area contributed by atoms with Crippen LogP contribution in [0.2, 0.25) is 0 Å². The van der Waals surface area contributed by atoms with Crippen LogP contribution in [0.25, 0.3) is 0 Å². The van der Waals surface area contributed by atoms with Crippen molar-refractivity contribution in [3.05, 3.63) is 44.5 Å². The van der Waals surface area contributed by atoms with Gasteiger partial charge in [0.2, 0.25) is 0 Å². The van der Waals surface area contributed by atoms with E-state index < -0.39 is 42.4 Å². The fourth-order valence-electron chi connectivity index (χ4n) is 2.59. The molecule has 1 aliphatic heterocycles. The maximum atomic E-state index is 12.0. The number of hydrogen-bond acceptors (Lipinski definition) is 8. The highest BCUT2D eigenvalue weighted by atomic mass is 16.6. The van der Waals surface area contributed by atoms with Gasteiger partial charge in [0.05, 0.1) is 24.4 Å². The summed E-state index contributed by atoms with van der Waals surface area (Å²) in [5.74, 6) is 0. The van der Waals surface area contributed by atoms with Gasteiger partial charge in [0.1, 0.15) is 18.3 Å². The summed E-state index contributed by atoms with van der Waals surface area (Å²) in [6.07, 6.45) is -2.16. The van der Waals surface area contributed by atoms with Crippen LogP contribution in [-0.4, -0.2) is 64.8 Å². The third-order valence-corrected chi connectivity index (χ3v) is 3.82. The average Bonchev–Trinajstić information content (AvgIpc) is 3.07. The van der Waals surface area contributed by atoms with E-state index in [1.165, 1.54) is 10.9 Å². The molecule has 1 fully saturated rings. The van der Waals surface area contributed by atoms with Crippen LogP contribution in [0.3, 0.4) is 0 Å². The van der Waals surface area contributed by atoms with Crippen molar-refractivity contribution in [1.82, 2.24) is 24.5 Å². The molecule has 3 heterocycles. The molecule has 0 amide bonds. The van der Waals surface area contributed by atoms with E-state index >= 15 is 0 Å². The van der Waals surface area contributed by atoms with Gasteiger partial charge in [0.15, 0.2) is 6.23 Å². The van der Waals surface area contributed by atoms with Crippen molar-refractivity contribution in [3.8, 4) is 0 Å². The Morgan fingerprint density at radius 3 is 2.62 bits per heavy atom. The smallest absolute Gasteiger partial charge is 0.330 e. The molecule has 0 radical (unpaired) electrons. The zero-order valence-electron chi connectivity index (χ0n) is 12.7. The maximum Gasteiger partial charge on any atom is 0.330 e. The first-order valence-electron chi connectivity index (χ1n) is 7.24. The topological polar surface area (TPSA) is 155 Å². The van der Waals surface area contributed by atoms with Crippen molar-refractivity contribution >= 4 is 0 Å². The Kier molecular flexibility index (Phi) is 4.32. The molecule has 4 N–H and O–H groups in total. The molecule has 0 saturated carbocycles. The Morgan fingerprint density at radius 1 is 1.29 bits per heavy atom. The van der Waals surface area contributed by atoms with E-state index in [1.54, 1.807) is 13.1 Å². The second kappa shape index (κ2) is 6.28. The van der Waals surface area contributed by atoms with Gasteiger partial charge >= 0.3 is 5.69 Å². The van der Waals surface area contributed by atoms with Gasteiger partial charge in [0.25, 0.3) is 5.56 Å². The number of aryl methyl sites for hydroxylation is 1. The van der Waals surface area contributed by atoms with Gasteiger partial charge in [-0.1, -0.05) is 5.21 Å². The highest BCUT2D eigenvalue weighted by Gasteiger charge is 2.43. The summed E-state index contributed by atoms with van der Waals surface area (Å²) in [6, 6.07) is 0. The van der Waals surface area contributed by atoms with E-state index in [1.807, 2.05) is 0 Å². The maximum absolute atomic E-state index is 12.0. The lowest BCUT2D eigenvalue weighted by Gasteiger charge is -2.17. The minimum atomic E-state index is -1.42. The van der Waals surface area contributed by atoms with Crippen LogP contribution in [-0.2, 0) is 11.3 Å². The summed E-state index contributed by atoms with van der Waals surface area (Å²) in [6.45, 7) is 1.29. The standard InChI is InChI=1S/C13H17N5O6/c1-6-2-17(16-15-6)3-7-4-18(13(23)14-11(7)22)12-10(21)9(20)8(5-19)24-12/h2,4,8-10,12,19-21H,3,5H2,1H3,(H,14,22,23)/t8-,9?,10?,12-/m1/s1. The number of aromatic amines is 1. The monoisotopic (exact) mass is 339 g/mol. The molecule has 2 unspecified atom stereocenters. The SMILES string of the molecule is Cc1cn(Cc2cn([C@@H]3O[C@H](CO)C(O)C3O)c(=O)[nH]c2=O)nn1. The number of aliphatic hydroxyl groups is 3. The highest BCUT2D eigenvalue weighted by Crippen LogP contribution is 2.27. The van der Waals surface area contributed by atoms with Crippen LogP contribution < -0.4 is 11.2 Å². The molecule has 2 aromatic heterocycles. The first kappa shape index (κ1) is 16.5. The van der Waals surface area contributed by atoms with Crippen molar-refractivity contribution in [1.29, 1.82) is 0 Å². The van der Waals surface area contributed by atoms with Crippen molar-refractivity contribution in [2.45, 2.75) is 38.0 Å². The van der Waals surface area contributed by atoms with E-state index in [-0.39, 0.29) is 12.1 Å². The summed E-state index contributed by atoms with van der Waals surface area (Å²) in [7, 11) is 0. The Labute approximate surface area is 134 Å². The van der Waals surface area contributed by atoms with Crippen LogP contribution in [0.5, 0.6) is 0 Å². The van der Waals surface area contributed by atoms with Gasteiger partial charge in [-0.25, -0.2) is 9.48 Å². The van der Waals surface area contributed by atoms with Gasteiger partial charge in [-0.2, -0.15) is 0 Å². The minimum Gasteiger partial charge on any atom is -0.394 e. The predicted molar refractivity (Wildman–Crippen MR) is 78.2 cm³/mol. The van der Waals surface area contributed by atoms with Gasteiger partial charge in [-0.15, -0.1) is 5.10 Å². The number of nitrogens with one attached hydrogen (secondary N) is 1. The van der Waals surface area contributed by atoms with Crippen molar-refractivity contribution < 1.29 is 20.1 Å². The largest absolute Gasteiger partial charge is 0.394 e. The molecule has 2 aromatic rings. The Hall–Kier alpha value is -2.34. The highest BCUT2D eigenvalue weighted by molar-refractivity contribution is 5.07. The number of nitrogens with zero attached hydrogens (tertiary/aromatic N) is 4. The summed E-state index contributed by atoms with van der Waals surface area (Å²) in [4.78, 5) is 26.1. The summed E-state index contributed by atoms with van der Waals surface area (Å²) < 4.78 is 7.71. The van der Waals surface area contributed by atoms with Gasteiger partial charge in [-0.05, 0) is 6.92 Å². The average molecular weight is 339 g/mol. The lowest BCUT2D eigenvalue weighted by atomic mass is 10.1. The van der Waals surface area contributed by atoms with E-state index in [2.05, 4.69) is 15.3 Å². The molecule has 4 atom stereocenters. The van der Waals surface area contributed by atoms with Gasteiger partial charge in [0, 0.05) is 12.4 Å². The first-order chi connectivity index (χ1) is 11.4. The number of hydrogen-bond donors (Lipinski definition) is 4. The summed E-state index contributed by atoms with van der Waals surface area (Å²) >= 11 is 0. The molecule has 11 heteroatoms. The molecule has 11 nitrogen and oxygen atoms in total. The van der Waals surface area contributed by atoms with Crippen molar-refractivity contribution in [3.63, 3.8) is 0 Å². The van der Waals surface area contributed by atoms with E-state index in [0.717, 1.165) is 4.57 Å². The minimum absolute atomic E-state index is 0.0608. The molecule has 1 saturated heterocycles. The zero-order chi connectivity index (χ0) is 17.4. The second-order valence-corrected chi connectivity index (χ2v) is 5.61. The van der Waals surface area contributed by atoms with Crippen LogP contribution >= 0.6 is 0 Å². The normalized spacial score (nSPS) is 26.8. The summed E-state index contributed by atoms with van der Waals surface area (Å²) in [5, 5.41) is 36.6. The van der Waals surface area contributed by atoms with Crippen LogP contribution in [0, 0.1) is 6.92 Å². The number of rotatable bonds is 4. The third kappa shape index (κ3) is 2.89. The second-order valence-electron chi connectivity index (χ2n) is 5.61. The predicted octanol–water partition coefficient (Wildman–Crippen LogP) is -2.90. The van der Waals surface area contributed by atoms with Crippen molar-refractivity contribution in [2.75, 3.05) is 6.61 Å². The number of H-pyrrole nitrogens is 1. The molecule has 0 spiro atoms. The van der Waals surface area contributed by atoms with E-state index in [4.69, 9.17) is 9.84 Å². The zero-order valence-corrected chi connectivity index (χ0v) is 12.7. The fraction of sp³-hybridized carbons (Fsp3) is 0.538. The lowest BCUT2D eigenvalue weighted by Crippen LogP contribution is -2.39. The molecular weight excluding hydrogens is 322 g/mol. The first-order valence-corrected chi connectivity index (χ1v) is 7.24. The lowest BCUT2D eigenvalue weighted by molar-refractivity contribution is -0.0551. The molecule has 3 rings (SSSR count). The van der Waals surface area contributed by atoms with E-state index in [9.17, 15) is 19.8 Å². The van der Waals surface area contributed by atoms with Crippen LogP contribution in [0.1, 0.15) is 17.5 Å². The fourth-order valence-corrected chi connectivity index (χ4v) is 2.59. The van der Waals surface area contributed by atoms with Crippen LogP contribution in [0.4, 0.5) is 0 Å². The number of ether oxygens (including phenoxy) is 1. The molecule has 24 heavy (non-hydrogen) atoms. The third-order valence-electron chi connectivity index (χ3n) is 3.82. The van der Waals surface area contributed by atoms with Crippen molar-refractivity contribution in [2.24, 2.45) is 0 Å². The molecule has 0 bridgehead atoms. The molecule has 1 aliphatic rings. The van der Waals surface area contributed by atoms with Crippen LogP contribution in [0.15, 0.2) is 22.0 Å². The Bertz CT molecular complexity index is 842. The quantitative estimate of drug-likeness (QED) is 0.462. The molecular formula is C13H17N5O6. The van der Waals surface area contributed by atoms with Gasteiger partial charge in [-0.3, -0.25) is 14.3 Å². The Morgan fingerprint density at radius 2 is 2.04 bits per heavy atom. The van der Waals surface area contributed by atoms with E-state index in [0.29, 0.717) is 5.69 Å².